The monoisotopic (exact) mass is 373 g/mol. The highest BCUT2D eigenvalue weighted by molar-refractivity contribution is 6.02. The molecule has 3 aromatic rings. The number of Topliss-reactive ketones (excluding diaryl/α,β-unsaturated/α-hetero) is 1. The van der Waals surface area contributed by atoms with E-state index in [9.17, 15) is 4.79 Å². The molecule has 0 amide bonds. The fraction of sp³-hybridized carbons (Fsp3) is 0.375. The molecule has 4 heteroatoms. The Labute approximate surface area is 165 Å². The average Bonchev–Trinajstić information content (AvgIpc) is 3.34. The lowest BCUT2D eigenvalue weighted by Gasteiger charge is -2.35. The Bertz CT molecular complexity index is 1020. The zero-order chi connectivity index (χ0) is 19.1. The van der Waals surface area contributed by atoms with Crippen molar-refractivity contribution in [3.05, 3.63) is 65.4 Å². The van der Waals surface area contributed by atoms with Gasteiger partial charge in [0.25, 0.3) is 0 Å². The summed E-state index contributed by atoms with van der Waals surface area (Å²) in [6, 6.07) is 14.5. The number of ketones is 1. The van der Waals surface area contributed by atoms with Crippen molar-refractivity contribution in [2.24, 2.45) is 0 Å². The molecule has 28 heavy (non-hydrogen) atoms. The van der Waals surface area contributed by atoms with E-state index in [-0.39, 0.29) is 5.78 Å². The number of piperidine rings is 1. The topological polar surface area (TPSA) is 62.1 Å². The van der Waals surface area contributed by atoms with Crippen LogP contribution in [0.1, 0.15) is 53.1 Å². The molecule has 0 radical (unpaired) electrons. The molecule has 2 unspecified atom stereocenters. The number of para-hydroxylation sites is 1. The van der Waals surface area contributed by atoms with Crippen molar-refractivity contribution in [2.45, 2.75) is 44.1 Å². The highest BCUT2D eigenvalue weighted by Crippen LogP contribution is 2.37. The van der Waals surface area contributed by atoms with E-state index < -0.39 is 0 Å². The molecular formula is C24H27N3O. The molecular weight excluding hydrogens is 346 g/mol. The van der Waals surface area contributed by atoms with Crippen LogP contribution < -0.4 is 5.73 Å². The molecule has 3 N–H and O–H groups in total. The van der Waals surface area contributed by atoms with E-state index in [1.807, 2.05) is 18.2 Å². The van der Waals surface area contributed by atoms with E-state index in [2.05, 4.69) is 34.3 Å². The van der Waals surface area contributed by atoms with E-state index in [1.54, 1.807) is 6.07 Å². The molecule has 2 aliphatic heterocycles. The van der Waals surface area contributed by atoms with Gasteiger partial charge in [0.15, 0.2) is 5.78 Å². The molecule has 4 nitrogen and oxygen atoms in total. The van der Waals surface area contributed by atoms with Crippen LogP contribution in [0.4, 0.5) is 5.69 Å². The Hall–Kier alpha value is -2.59. The molecule has 5 rings (SSSR count). The number of hydrogen-bond acceptors (Lipinski definition) is 3. The lowest BCUT2D eigenvalue weighted by Crippen LogP contribution is -2.37. The number of aromatic amines is 1. The van der Waals surface area contributed by atoms with Crippen LogP contribution in [0.5, 0.6) is 0 Å². The number of aromatic nitrogens is 1. The van der Waals surface area contributed by atoms with E-state index in [4.69, 9.17) is 5.73 Å². The maximum atomic E-state index is 12.7. The molecule has 1 aromatic heterocycles. The van der Waals surface area contributed by atoms with E-state index in [1.165, 1.54) is 49.7 Å². The summed E-state index contributed by atoms with van der Waals surface area (Å²) < 4.78 is 0. The quantitative estimate of drug-likeness (QED) is 0.522. The van der Waals surface area contributed by atoms with Crippen molar-refractivity contribution in [3.8, 4) is 0 Å². The van der Waals surface area contributed by atoms with Crippen LogP contribution in [0.15, 0.2) is 48.7 Å². The number of nitrogens with two attached hydrogens (primary N) is 1. The molecule has 3 heterocycles. The van der Waals surface area contributed by atoms with Crippen molar-refractivity contribution < 1.29 is 4.79 Å². The normalized spacial score (nSPS) is 22.4. The zero-order valence-electron chi connectivity index (χ0n) is 16.2. The number of hydrogen-bond donors (Lipinski definition) is 2. The number of anilines is 1. The second kappa shape index (κ2) is 7.10. The third-order valence-corrected chi connectivity index (χ3v) is 6.65. The molecule has 2 fully saturated rings. The highest BCUT2D eigenvalue weighted by Gasteiger charge is 2.32. The highest BCUT2D eigenvalue weighted by atomic mass is 16.1. The molecule has 2 atom stereocenters. The summed E-state index contributed by atoms with van der Waals surface area (Å²) in [5, 5.41) is 1.27. The van der Waals surface area contributed by atoms with Gasteiger partial charge in [0.2, 0.25) is 0 Å². The van der Waals surface area contributed by atoms with Crippen molar-refractivity contribution in [3.63, 3.8) is 0 Å². The minimum absolute atomic E-state index is 0.0760. The first-order valence-corrected chi connectivity index (χ1v) is 10.4. The third-order valence-electron chi connectivity index (χ3n) is 6.65. The molecule has 2 aliphatic rings. The Kier molecular flexibility index (Phi) is 4.44. The lowest BCUT2D eigenvalue weighted by molar-refractivity contribution is 0.0994. The van der Waals surface area contributed by atoms with E-state index >= 15 is 0 Å². The van der Waals surface area contributed by atoms with E-state index in [0.29, 0.717) is 23.6 Å². The number of nitrogens with one attached hydrogen (secondary N) is 1. The molecule has 2 saturated heterocycles. The van der Waals surface area contributed by atoms with Crippen LogP contribution in [0.3, 0.4) is 0 Å². The second-order valence-corrected chi connectivity index (χ2v) is 8.38. The maximum Gasteiger partial charge on any atom is 0.169 e. The van der Waals surface area contributed by atoms with Crippen LogP contribution in [0.2, 0.25) is 0 Å². The summed E-state index contributed by atoms with van der Waals surface area (Å²) >= 11 is 0. The third kappa shape index (κ3) is 3.12. The maximum absolute atomic E-state index is 12.7. The van der Waals surface area contributed by atoms with Gasteiger partial charge in [-0.15, -0.1) is 0 Å². The second-order valence-electron chi connectivity index (χ2n) is 8.38. The number of carbonyl (C=O) groups excluding carboxylic acids is 1. The number of H-pyrrole nitrogens is 1. The summed E-state index contributed by atoms with van der Waals surface area (Å²) in [6.45, 7) is 2.42. The fourth-order valence-electron chi connectivity index (χ4n) is 5.15. The Morgan fingerprint density at radius 3 is 2.93 bits per heavy atom. The van der Waals surface area contributed by atoms with Gasteiger partial charge in [0.1, 0.15) is 0 Å². The van der Waals surface area contributed by atoms with Gasteiger partial charge in [0, 0.05) is 47.4 Å². The SMILES string of the molecule is Nc1ccccc1C(=O)Cc1ccc2[nH]cc(C3CCC4CCCN4C3)c2c1. The van der Waals surface area contributed by atoms with Crippen LogP contribution in [0.25, 0.3) is 10.9 Å². The Morgan fingerprint density at radius 2 is 2.04 bits per heavy atom. The van der Waals surface area contributed by atoms with Crippen LogP contribution in [0, 0.1) is 0 Å². The van der Waals surface area contributed by atoms with Gasteiger partial charge in [-0.05, 0) is 73.5 Å². The number of nitrogens with zero attached hydrogens (tertiary/aromatic N) is 1. The average molecular weight is 374 g/mol. The largest absolute Gasteiger partial charge is 0.398 e. The number of rotatable bonds is 4. The fourth-order valence-corrected chi connectivity index (χ4v) is 5.15. The van der Waals surface area contributed by atoms with Crippen molar-refractivity contribution in [1.29, 1.82) is 0 Å². The van der Waals surface area contributed by atoms with Crippen LogP contribution in [-0.2, 0) is 6.42 Å². The molecule has 0 bridgehead atoms. The van der Waals surface area contributed by atoms with Gasteiger partial charge >= 0.3 is 0 Å². The first-order chi connectivity index (χ1) is 13.7. The van der Waals surface area contributed by atoms with Crippen LogP contribution in [-0.4, -0.2) is 34.8 Å². The zero-order valence-corrected chi connectivity index (χ0v) is 16.2. The Morgan fingerprint density at radius 1 is 1.14 bits per heavy atom. The number of nitrogen functional groups attached to an aromatic ring is 1. The first kappa shape index (κ1) is 17.5. The molecule has 0 spiro atoms. The predicted molar refractivity (Wildman–Crippen MR) is 114 cm³/mol. The molecule has 2 aromatic carbocycles. The van der Waals surface area contributed by atoms with E-state index in [0.717, 1.165) is 17.1 Å². The van der Waals surface area contributed by atoms with Crippen molar-refractivity contribution >= 4 is 22.4 Å². The van der Waals surface area contributed by atoms with Gasteiger partial charge in [-0.3, -0.25) is 9.69 Å². The number of carbonyl (C=O) groups is 1. The number of benzene rings is 2. The lowest BCUT2D eigenvalue weighted by atomic mass is 9.87. The van der Waals surface area contributed by atoms with Crippen LogP contribution >= 0.6 is 0 Å². The number of fused-ring (bicyclic) bond motifs is 2. The molecule has 144 valence electrons. The summed E-state index contributed by atoms with van der Waals surface area (Å²) in [5.41, 5.74) is 10.8. The molecule has 0 aliphatic carbocycles. The standard InChI is InChI=1S/C24H27N3O/c25-22-6-2-1-5-19(22)24(28)13-16-7-10-23-20(12-16)21(14-26-23)17-8-9-18-4-3-11-27(18)15-17/h1-2,5-7,10,12,14,17-18,26H,3-4,8-9,11,13,15,25H2. The predicted octanol–water partition coefficient (Wildman–Crippen LogP) is 4.52. The summed E-state index contributed by atoms with van der Waals surface area (Å²) in [5.74, 6) is 0.658. The van der Waals surface area contributed by atoms with Gasteiger partial charge in [0.05, 0.1) is 0 Å². The summed E-state index contributed by atoms with van der Waals surface area (Å²) in [6.07, 6.45) is 7.86. The summed E-state index contributed by atoms with van der Waals surface area (Å²) in [4.78, 5) is 18.8. The van der Waals surface area contributed by atoms with Gasteiger partial charge in [-0.2, -0.15) is 0 Å². The minimum Gasteiger partial charge on any atom is -0.398 e. The summed E-state index contributed by atoms with van der Waals surface area (Å²) in [7, 11) is 0. The van der Waals surface area contributed by atoms with Gasteiger partial charge in [-0.25, -0.2) is 0 Å². The van der Waals surface area contributed by atoms with Gasteiger partial charge in [-0.1, -0.05) is 18.2 Å². The smallest absolute Gasteiger partial charge is 0.169 e. The Balaban J connectivity index is 1.41. The first-order valence-electron chi connectivity index (χ1n) is 10.4. The molecule has 0 saturated carbocycles. The van der Waals surface area contributed by atoms with Crippen molar-refractivity contribution in [1.82, 2.24) is 9.88 Å². The minimum atomic E-state index is 0.0760. The van der Waals surface area contributed by atoms with Gasteiger partial charge < -0.3 is 10.7 Å². The van der Waals surface area contributed by atoms with Crippen molar-refractivity contribution in [2.75, 3.05) is 18.8 Å².